The van der Waals surface area contributed by atoms with Crippen molar-refractivity contribution in [3.8, 4) is 11.8 Å². The topological polar surface area (TPSA) is 0 Å². The molecule has 0 aromatic carbocycles. The second-order valence-electron chi connectivity index (χ2n) is 3.41. The summed E-state index contributed by atoms with van der Waals surface area (Å²) in [6.07, 6.45) is 0. The Balaban J connectivity index is 2.07. The Hall–Kier alpha value is -0.570. The summed E-state index contributed by atoms with van der Waals surface area (Å²) in [6, 6.07) is 0. The Morgan fingerprint density at radius 1 is 1.50 bits per heavy atom. The van der Waals surface area contributed by atoms with Crippen LogP contribution in [-0.2, 0) is 0 Å². The summed E-state index contributed by atoms with van der Waals surface area (Å²) >= 11 is 0. The molecule has 0 nitrogen and oxygen atoms in total. The van der Waals surface area contributed by atoms with Crippen LogP contribution in [0, 0.1) is 41.4 Å². The predicted octanol–water partition coefficient (Wildman–Crippen LogP) is 1.09. The van der Waals surface area contributed by atoms with Gasteiger partial charge in [-0.2, -0.15) is 0 Å². The van der Waals surface area contributed by atoms with Gasteiger partial charge < -0.3 is 0 Å². The van der Waals surface area contributed by atoms with Crippen LogP contribution in [0.2, 0.25) is 0 Å². The van der Waals surface area contributed by atoms with E-state index >= 15 is 0 Å². The monoisotopic (exact) mass is 103 g/mol. The van der Waals surface area contributed by atoms with Crippen LogP contribution in [0.3, 0.4) is 0 Å². The highest BCUT2D eigenvalue weighted by Crippen LogP contribution is 3.17. The van der Waals surface area contributed by atoms with Crippen molar-refractivity contribution in [1.29, 1.82) is 0 Å². The molecule has 4 aliphatic carbocycles. The van der Waals surface area contributed by atoms with Crippen molar-refractivity contribution in [3.05, 3.63) is 6.92 Å². The second kappa shape index (κ2) is 0.502. The van der Waals surface area contributed by atoms with Crippen LogP contribution in [0.15, 0.2) is 0 Å². The lowest BCUT2D eigenvalue weighted by Gasteiger charge is -1.60. The zero-order valence-corrected chi connectivity index (χ0v) is 4.86. The van der Waals surface area contributed by atoms with Gasteiger partial charge in [0.1, 0.15) is 17.3 Å². The van der Waals surface area contributed by atoms with Crippen molar-refractivity contribution < 1.29 is 0 Å². The van der Waals surface area contributed by atoms with Crippen molar-refractivity contribution in [3.63, 3.8) is 0 Å². The summed E-state index contributed by atoms with van der Waals surface area (Å²) < 4.78 is 0. The Kier molecular flexibility index (Phi) is 0.217. The molecule has 2 atom stereocenters. The maximum Gasteiger partial charge on any atom is 0.136 e. The maximum absolute atomic E-state index is 3.52. The molecule has 4 aliphatic rings. The van der Waals surface area contributed by atoms with E-state index in [2.05, 4.69) is 25.7 Å². The van der Waals surface area contributed by atoms with Crippen LogP contribution < -0.4 is 0 Å². The first-order valence-electron chi connectivity index (χ1n) is 3.09. The molecule has 0 saturated heterocycles. The molecule has 4 rings (SSSR count). The largest absolute Gasteiger partial charge is 0.136 e. The minimum atomic E-state index is 0.564. The Labute approximate surface area is 49.3 Å². The van der Waals surface area contributed by atoms with Gasteiger partial charge in [-0.25, -0.2) is 0 Å². The van der Waals surface area contributed by atoms with Crippen molar-refractivity contribution >= 4 is 0 Å². The van der Waals surface area contributed by atoms with Gasteiger partial charge in [0.05, 0.1) is 6.92 Å². The van der Waals surface area contributed by atoms with Gasteiger partial charge in [0.2, 0.25) is 0 Å². The molecule has 2 unspecified atom stereocenters. The lowest BCUT2D eigenvalue weighted by Crippen LogP contribution is -1.66. The van der Waals surface area contributed by atoms with E-state index in [0.717, 1.165) is 17.3 Å². The molecule has 0 aromatic heterocycles. The molecule has 0 aliphatic heterocycles. The van der Waals surface area contributed by atoms with Gasteiger partial charge in [0.25, 0.3) is 0 Å². The zero-order valence-electron chi connectivity index (χ0n) is 4.86. The number of rotatable bonds is 0. The molecule has 4 fully saturated rings. The third-order valence-electron chi connectivity index (χ3n) is 3.41. The Morgan fingerprint density at radius 2 is 2.00 bits per heavy atom. The first kappa shape index (κ1) is 3.45. The van der Waals surface area contributed by atoms with Crippen molar-refractivity contribution in [2.75, 3.05) is 0 Å². The van der Waals surface area contributed by atoms with Crippen LogP contribution in [0.4, 0.5) is 0 Å². The Bertz CT molecular complexity index is 228. The molecule has 0 amide bonds. The molecular formula is C8H7+. The Morgan fingerprint density at radius 3 is 2.12 bits per heavy atom. The molecule has 0 heterocycles. The van der Waals surface area contributed by atoms with Crippen LogP contribution in [0.25, 0.3) is 0 Å². The molecule has 0 bridgehead atoms. The van der Waals surface area contributed by atoms with Crippen LogP contribution in [0.1, 0.15) is 6.92 Å². The van der Waals surface area contributed by atoms with Gasteiger partial charge in [0, 0.05) is 17.3 Å². The minimum Gasteiger partial charge on any atom is -0.0555 e. The molecule has 0 N–H and O–H groups in total. The number of hydrogen-bond donors (Lipinski definition) is 0. The normalized spacial score (nSPS) is 76.6. The fourth-order valence-electron chi connectivity index (χ4n) is 2.46. The van der Waals surface area contributed by atoms with Crippen molar-refractivity contribution in [1.82, 2.24) is 0 Å². The molecule has 0 aromatic rings. The van der Waals surface area contributed by atoms with Crippen LogP contribution >= 0.6 is 0 Å². The van der Waals surface area contributed by atoms with Gasteiger partial charge in [-0.1, -0.05) is 6.92 Å². The molecule has 38 valence electrons. The molecule has 0 radical (unpaired) electrons. The maximum atomic E-state index is 3.52. The highest BCUT2D eigenvalue weighted by molar-refractivity contribution is 5.69. The fraction of sp³-hybridized carbons (Fsp3) is 0.625. The van der Waals surface area contributed by atoms with E-state index in [1.807, 2.05) is 0 Å². The van der Waals surface area contributed by atoms with E-state index in [0.29, 0.717) is 5.41 Å². The molecule has 0 spiro atoms. The van der Waals surface area contributed by atoms with E-state index in [1.165, 1.54) is 0 Å². The summed E-state index contributed by atoms with van der Waals surface area (Å²) in [7, 11) is 0. The second-order valence-corrected chi connectivity index (χ2v) is 3.41. The molecule has 0 heteroatoms. The summed E-state index contributed by atoms with van der Waals surface area (Å²) in [5.74, 6) is 8.01. The highest BCUT2D eigenvalue weighted by atomic mass is 15.2. The van der Waals surface area contributed by atoms with E-state index in [9.17, 15) is 0 Å². The average Bonchev–Trinajstić information content (AvgIpc) is 2.54. The molecule has 8 heavy (non-hydrogen) atoms. The third-order valence-corrected chi connectivity index (χ3v) is 3.41. The van der Waals surface area contributed by atoms with Crippen LogP contribution in [0.5, 0.6) is 0 Å². The van der Waals surface area contributed by atoms with Crippen LogP contribution in [-0.4, -0.2) is 0 Å². The lowest BCUT2D eigenvalue weighted by atomic mass is 10.3. The van der Waals surface area contributed by atoms with Gasteiger partial charge >= 0.3 is 0 Å². The first-order valence-corrected chi connectivity index (χ1v) is 3.09. The molecular weight excluding hydrogens is 96.1 g/mol. The zero-order chi connectivity index (χ0) is 5.57. The van der Waals surface area contributed by atoms with E-state index in [1.54, 1.807) is 0 Å². The van der Waals surface area contributed by atoms with Gasteiger partial charge in [-0.15, -0.1) is 0 Å². The SMILES string of the molecule is [CH2+]C#CC12C3C1C32C. The van der Waals surface area contributed by atoms with Crippen molar-refractivity contribution in [2.45, 2.75) is 6.92 Å². The summed E-state index contributed by atoms with van der Waals surface area (Å²) in [5.41, 5.74) is 1.30. The fourth-order valence-corrected chi connectivity index (χ4v) is 2.46. The minimum absolute atomic E-state index is 0.564. The van der Waals surface area contributed by atoms with Gasteiger partial charge in [-0.3, -0.25) is 0 Å². The predicted molar refractivity (Wildman–Crippen MR) is 30.7 cm³/mol. The van der Waals surface area contributed by atoms with Gasteiger partial charge in [0.15, 0.2) is 0 Å². The average molecular weight is 103 g/mol. The lowest BCUT2D eigenvalue weighted by molar-refractivity contribution is 0.905. The molecule has 4 saturated carbocycles. The summed E-state index contributed by atoms with van der Waals surface area (Å²) in [4.78, 5) is 0. The summed E-state index contributed by atoms with van der Waals surface area (Å²) in [5, 5.41) is 0. The number of hydrogen-bond acceptors (Lipinski definition) is 0. The van der Waals surface area contributed by atoms with Gasteiger partial charge in [-0.05, 0) is 0 Å². The standard InChI is InChI=1S/C8H7/c1-3-4-8-5-6(8)7(5,8)2/h5-6H,1H2,2H3/q+1. The smallest absolute Gasteiger partial charge is 0.0555 e. The third kappa shape index (κ3) is 0.101. The van der Waals surface area contributed by atoms with E-state index in [-0.39, 0.29) is 0 Å². The van der Waals surface area contributed by atoms with Crippen molar-refractivity contribution in [2.24, 2.45) is 22.7 Å². The summed E-state index contributed by atoms with van der Waals surface area (Å²) in [6.45, 7) is 5.86. The van der Waals surface area contributed by atoms with E-state index in [4.69, 9.17) is 0 Å². The quantitative estimate of drug-likeness (QED) is 0.318. The highest BCUT2D eigenvalue weighted by Gasteiger charge is 3.21. The first-order chi connectivity index (χ1) is 3.80. The van der Waals surface area contributed by atoms with E-state index < -0.39 is 0 Å².